The number of aromatic nitrogens is 6. The Morgan fingerprint density at radius 3 is 2.70 bits per heavy atom. The van der Waals surface area contributed by atoms with Gasteiger partial charge in [0.2, 0.25) is 5.16 Å². The zero-order valence-electron chi connectivity index (χ0n) is 11.9. The third kappa shape index (κ3) is 4.86. The molecule has 0 bridgehead atoms. The summed E-state index contributed by atoms with van der Waals surface area (Å²) in [6.45, 7) is 7.96. The van der Waals surface area contributed by atoms with Gasteiger partial charge in [0, 0.05) is 24.5 Å². The van der Waals surface area contributed by atoms with Crippen molar-refractivity contribution in [2.24, 2.45) is 0 Å². The van der Waals surface area contributed by atoms with Gasteiger partial charge >= 0.3 is 0 Å². The summed E-state index contributed by atoms with van der Waals surface area (Å²) in [5.41, 5.74) is 0.0964. The summed E-state index contributed by atoms with van der Waals surface area (Å²) in [5, 5.41) is 15.9. The lowest BCUT2D eigenvalue weighted by Gasteiger charge is -2.20. The van der Waals surface area contributed by atoms with Gasteiger partial charge < -0.3 is 5.32 Å². The van der Waals surface area contributed by atoms with Crippen molar-refractivity contribution in [1.29, 1.82) is 0 Å². The molecule has 0 spiro atoms. The zero-order chi connectivity index (χ0) is 14.4. The van der Waals surface area contributed by atoms with Crippen molar-refractivity contribution in [2.75, 3.05) is 6.54 Å². The van der Waals surface area contributed by atoms with Gasteiger partial charge in [-0.05, 0) is 37.3 Å². The maximum atomic E-state index is 4.18. The van der Waals surface area contributed by atoms with Crippen LogP contribution in [0.1, 0.15) is 26.6 Å². The van der Waals surface area contributed by atoms with Gasteiger partial charge in [-0.2, -0.15) is 0 Å². The quantitative estimate of drug-likeness (QED) is 0.800. The highest BCUT2D eigenvalue weighted by atomic mass is 32.2. The van der Waals surface area contributed by atoms with Crippen LogP contribution in [0.2, 0.25) is 0 Å². The van der Waals surface area contributed by atoms with Crippen LogP contribution in [-0.4, -0.2) is 42.3 Å². The minimum absolute atomic E-state index is 0.0964. The van der Waals surface area contributed by atoms with Gasteiger partial charge in [-0.25, -0.2) is 14.6 Å². The molecule has 0 aliphatic heterocycles. The Hall–Kier alpha value is -1.54. The van der Waals surface area contributed by atoms with Gasteiger partial charge in [-0.3, -0.25) is 0 Å². The first kappa shape index (κ1) is 14.9. The highest BCUT2D eigenvalue weighted by molar-refractivity contribution is 7.98. The van der Waals surface area contributed by atoms with Crippen LogP contribution in [0.25, 0.3) is 0 Å². The minimum Gasteiger partial charge on any atom is -0.310 e. The van der Waals surface area contributed by atoms with Gasteiger partial charge in [-0.15, -0.1) is 5.10 Å². The number of tetrazole rings is 1. The monoisotopic (exact) mass is 293 g/mol. The van der Waals surface area contributed by atoms with Crippen LogP contribution < -0.4 is 5.32 Å². The highest BCUT2D eigenvalue weighted by Gasteiger charge is 2.11. The Kier molecular flexibility index (Phi) is 5.02. The van der Waals surface area contributed by atoms with E-state index < -0.39 is 0 Å². The summed E-state index contributed by atoms with van der Waals surface area (Å²) in [6, 6.07) is 1.80. The molecule has 2 heterocycles. The van der Waals surface area contributed by atoms with Gasteiger partial charge in [-0.1, -0.05) is 11.8 Å². The van der Waals surface area contributed by atoms with E-state index in [0.29, 0.717) is 5.75 Å². The fourth-order valence-electron chi connectivity index (χ4n) is 1.51. The SMILES string of the molecule is CC(C)(C)NCCn1nnnc1SCc1ncccn1. The van der Waals surface area contributed by atoms with E-state index in [9.17, 15) is 0 Å². The lowest BCUT2D eigenvalue weighted by molar-refractivity contribution is 0.396. The van der Waals surface area contributed by atoms with Crippen molar-refractivity contribution < 1.29 is 0 Å². The predicted octanol–water partition coefficient (Wildman–Crippen LogP) is 1.14. The van der Waals surface area contributed by atoms with Crippen LogP contribution in [0, 0.1) is 0 Å². The number of thioether (sulfide) groups is 1. The predicted molar refractivity (Wildman–Crippen MR) is 77.2 cm³/mol. The summed E-state index contributed by atoms with van der Waals surface area (Å²) in [4.78, 5) is 8.36. The molecular formula is C12H19N7S. The van der Waals surface area contributed by atoms with Gasteiger partial charge in [0.1, 0.15) is 5.82 Å². The van der Waals surface area contributed by atoms with E-state index in [-0.39, 0.29) is 5.54 Å². The summed E-state index contributed by atoms with van der Waals surface area (Å²) in [5.74, 6) is 1.44. The summed E-state index contributed by atoms with van der Waals surface area (Å²) in [7, 11) is 0. The molecule has 2 aromatic rings. The van der Waals surface area contributed by atoms with Crippen LogP contribution in [0.3, 0.4) is 0 Å². The van der Waals surface area contributed by atoms with Gasteiger partial charge in [0.25, 0.3) is 0 Å². The smallest absolute Gasteiger partial charge is 0.209 e. The van der Waals surface area contributed by atoms with E-state index in [4.69, 9.17) is 0 Å². The standard InChI is InChI=1S/C12H19N7S/c1-12(2,3)15-7-8-19-11(16-17-18-19)20-9-10-13-5-4-6-14-10/h4-6,15H,7-9H2,1-3H3. The maximum Gasteiger partial charge on any atom is 0.209 e. The average Bonchev–Trinajstić information content (AvgIpc) is 2.84. The minimum atomic E-state index is 0.0964. The van der Waals surface area contributed by atoms with E-state index in [1.54, 1.807) is 23.1 Å². The first-order valence-corrected chi connectivity index (χ1v) is 7.43. The third-order valence-electron chi connectivity index (χ3n) is 2.43. The molecular weight excluding hydrogens is 274 g/mol. The number of rotatable bonds is 6. The number of hydrogen-bond acceptors (Lipinski definition) is 7. The molecule has 0 saturated heterocycles. The average molecular weight is 293 g/mol. The van der Waals surface area contributed by atoms with E-state index in [1.165, 1.54) is 11.8 Å². The molecule has 0 fully saturated rings. The second kappa shape index (κ2) is 6.76. The molecule has 2 rings (SSSR count). The highest BCUT2D eigenvalue weighted by Crippen LogP contribution is 2.17. The molecule has 0 saturated carbocycles. The lowest BCUT2D eigenvalue weighted by Crippen LogP contribution is -2.38. The second-order valence-corrected chi connectivity index (χ2v) is 6.26. The lowest BCUT2D eigenvalue weighted by atomic mass is 10.1. The maximum absolute atomic E-state index is 4.18. The van der Waals surface area contributed by atoms with E-state index in [0.717, 1.165) is 24.1 Å². The van der Waals surface area contributed by atoms with E-state index >= 15 is 0 Å². The zero-order valence-corrected chi connectivity index (χ0v) is 12.8. The molecule has 0 unspecified atom stereocenters. The molecule has 0 aliphatic carbocycles. The summed E-state index contributed by atoms with van der Waals surface area (Å²) in [6.07, 6.45) is 3.47. The van der Waals surface area contributed by atoms with E-state index in [2.05, 4.69) is 51.6 Å². The van der Waals surface area contributed by atoms with Crippen LogP contribution in [0.5, 0.6) is 0 Å². The Labute approximate surface area is 122 Å². The van der Waals surface area contributed by atoms with E-state index in [1.807, 2.05) is 0 Å². The first-order valence-electron chi connectivity index (χ1n) is 6.44. The van der Waals surface area contributed by atoms with Gasteiger partial charge in [0.05, 0.1) is 12.3 Å². The van der Waals surface area contributed by atoms with Gasteiger partial charge in [0.15, 0.2) is 0 Å². The van der Waals surface area contributed by atoms with Crippen molar-refractivity contribution in [3.63, 3.8) is 0 Å². The van der Waals surface area contributed by atoms with Crippen molar-refractivity contribution in [3.8, 4) is 0 Å². The number of hydrogen-bond donors (Lipinski definition) is 1. The normalized spacial score (nSPS) is 11.8. The topological polar surface area (TPSA) is 81.4 Å². The molecule has 7 nitrogen and oxygen atoms in total. The Morgan fingerprint density at radius 1 is 1.25 bits per heavy atom. The Bertz CT molecular complexity index is 520. The third-order valence-corrected chi connectivity index (χ3v) is 3.38. The van der Waals surface area contributed by atoms with Crippen LogP contribution in [0.15, 0.2) is 23.6 Å². The fourth-order valence-corrected chi connectivity index (χ4v) is 2.29. The molecule has 108 valence electrons. The van der Waals surface area contributed by atoms with Crippen LogP contribution >= 0.6 is 11.8 Å². The largest absolute Gasteiger partial charge is 0.310 e. The van der Waals surface area contributed by atoms with Crippen molar-refractivity contribution >= 4 is 11.8 Å². The molecule has 8 heteroatoms. The molecule has 0 amide bonds. The first-order chi connectivity index (χ1) is 9.54. The molecule has 20 heavy (non-hydrogen) atoms. The molecule has 1 N–H and O–H groups in total. The Morgan fingerprint density at radius 2 is 2.00 bits per heavy atom. The van der Waals surface area contributed by atoms with Crippen molar-refractivity contribution in [1.82, 2.24) is 35.5 Å². The molecule has 0 aromatic carbocycles. The van der Waals surface area contributed by atoms with Crippen molar-refractivity contribution in [2.45, 2.75) is 43.8 Å². The summed E-state index contributed by atoms with van der Waals surface area (Å²) >= 11 is 1.54. The second-order valence-electron chi connectivity index (χ2n) is 5.32. The molecule has 0 atom stereocenters. The molecule has 0 radical (unpaired) electrons. The Balaban J connectivity index is 1.85. The molecule has 2 aromatic heterocycles. The molecule has 0 aliphatic rings. The number of nitrogens with one attached hydrogen (secondary N) is 1. The van der Waals surface area contributed by atoms with Crippen LogP contribution in [0.4, 0.5) is 0 Å². The van der Waals surface area contributed by atoms with Crippen LogP contribution in [-0.2, 0) is 12.3 Å². The summed E-state index contributed by atoms with van der Waals surface area (Å²) < 4.78 is 1.80. The fraction of sp³-hybridized carbons (Fsp3) is 0.583. The number of nitrogens with zero attached hydrogens (tertiary/aromatic N) is 6. The van der Waals surface area contributed by atoms with Crippen molar-refractivity contribution in [3.05, 3.63) is 24.3 Å².